The molecule has 0 fully saturated rings. The maximum atomic E-state index is 5.68. The standard InChI is InChI=1S/C11H25NO/c1-10(2,3)13-8-7-11(4,5)9-12-6/h12H,7-9H2,1-6H3. The van der Waals surface area contributed by atoms with Crippen molar-refractivity contribution >= 4 is 0 Å². The zero-order chi connectivity index (χ0) is 10.5. The van der Waals surface area contributed by atoms with E-state index in [0.717, 1.165) is 19.6 Å². The molecule has 0 spiro atoms. The fourth-order valence-electron chi connectivity index (χ4n) is 1.20. The summed E-state index contributed by atoms with van der Waals surface area (Å²) in [5, 5.41) is 3.20. The molecule has 2 heteroatoms. The first-order valence-electron chi connectivity index (χ1n) is 5.05. The quantitative estimate of drug-likeness (QED) is 0.714. The Morgan fingerprint density at radius 2 is 1.62 bits per heavy atom. The van der Waals surface area contributed by atoms with Gasteiger partial charge >= 0.3 is 0 Å². The van der Waals surface area contributed by atoms with Crippen LogP contribution in [0.1, 0.15) is 41.0 Å². The summed E-state index contributed by atoms with van der Waals surface area (Å²) in [4.78, 5) is 0. The van der Waals surface area contributed by atoms with E-state index in [1.807, 2.05) is 7.05 Å². The first-order chi connectivity index (χ1) is 5.77. The molecule has 0 saturated heterocycles. The zero-order valence-electron chi connectivity index (χ0n) is 10.0. The van der Waals surface area contributed by atoms with Gasteiger partial charge in [0.25, 0.3) is 0 Å². The first kappa shape index (κ1) is 12.9. The lowest BCUT2D eigenvalue weighted by Gasteiger charge is -2.27. The Morgan fingerprint density at radius 1 is 1.08 bits per heavy atom. The summed E-state index contributed by atoms with van der Waals surface area (Å²) in [7, 11) is 1.99. The Labute approximate surface area is 83.1 Å². The van der Waals surface area contributed by atoms with E-state index in [1.54, 1.807) is 0 Å². The van der Waals surface area contributed by atoms with E-state index >= 15 is 0 Å². The number of nitrogens with one attached hydrogen (secondary N) is 1. The highest BCUT2D eigenvalue weighted by atomic mass is 16.5. The predicted octanol–water partition coefficient (Wildman–Crippen LogP) is 2.44. The SMILES string of the molecule is CNCC(C)(C)CCOC(C)(C)C. The summed E-state index contributed by atoms with van der Waals surface area (Å²) < 4.78 is 5.68. The van der Waals surface area contributed by atoms with E-state index in [4.69, 9.17) is 4.74 Å². The molecule has 0 aliphatic heterocycles. The smallest absolute Gasteiger partial charge is 0.0598 e. The molecule has 0 radical (unpaired) electrons. The second-order valence-corrected chi connectivity index (χ2v) is 5.41. The van der Waals surface area contributed by atoms with Gasteiger partial charge in [0.2, 0.25) is 0 Å². The van der Waals surface area contributed by atoms with Gasteiger partial charge in [-0.15, -0.1) is 0 Å². The highest BCUT2D eigenvalue weighted by molar-refractivity contribution is 4.71. The van der Waals surface area contributed by atoms with Crippen LogP contribution in [0, 0.1) is 5.41 Å². The summed E-state index contributed by atoms with van der Waals surface area (Å²) in [6.07, 6.45) is 1.10. The molecule has 0 aromatic heterocycles. The van der Waals surface area contributed by atoms with Crippen molar-refractivity contribution < 1.29 is 4.74 Å². The summed E-state index contributed by atoms with van der Waals surface area (Å²) >= 11 is 0. The molecule has 13 heavy (non-hydrogen) atoms. The van der Waals surface area contributed by atoms with Crippen molar-refractivity contribution in [1.29, 1.82) is 0 Å². The molecule has 0 bridgehead atoms. The van der Waals surface area contributed by atoms with E-state index in [-0.39, 0.29) is 5.60 Å². The molecule has 1 N–H and O–H groups in total. The van der Waals surface area contributed by atoms with Crippen LogP contribution in [0.3, 0.4) is 0 Å². The molecule has 0 unspecified atom stereocenters. The molecule has 80 valence electrons. The molecule has 0 heterocycles. The fourth-order valence-corrected chi connectivity index (χ4v) is 1.20. The number of hydrogen-bond acceptors (Lipinski definition) is 2. The normalized spacial score (nSPS) is 13.4. The van der Waals surface area contributed by atoms with E-state index in [9.17, 15) is 0 Å². The monoisotopic (exact) mass is 187 g/mol. The van der Waals surface area contributed by atoms with Crippen LogP contribution in [0.4, 0.5) is 0 Å². The zero-order valence-corrected chi connectivity index (χ0v) is 10.0. The van der Waals surface area contributed by atoms with Crippen molar-refractivity contribution in [3.63, 3.8) is 0 Å². The molecule has 0 rings (SSSR count). The molecular formula is C11H25NO. The molecule has 0 aliphatic rings. The maximum absolute atomic E-state index is 5.68. The van der Waals surface area contributed by atoms with Gasteiger partial charge in [0, 0.05) is 13.2 Å². The van der Waals surface area contributed by atoms with Gasteiger partial charge in [-0.25, -0.2) is 0 Å². The fraction of sp³-hybridized carbons (Fsp3) is 1.00. The van der Waals surface area contributed by atoms with Crippen LogP contribution in [-0.4, -0.2) is 25.8 Å². The van der Waals surface area contributed by atoms with Gasteiger partial charge in [-0.3, -0.25) is 0 Å². The largest absolute Gasteiger partial charge is 0.376 e. The Balaban J connectivity index is 3.63. The van der Waals surface area contributed by atoms with Gasteiger partial charge in [0.1, 0.15) is 0 Å². The van der Waals surface area contributed by atoms with Crippen molar-refractivity contribution in [3.8, 4) is 0 Å². The van der Waals surface area contributed by atoms with Crippen molar-refractivity contribution in [2.24, 2.45) is 5.41 Å². The van der Waals surface area contributed by atoms with Gasteiger partial charge < -0.3 is 10.1 Å². The van der Waals surface area contributed by atoms with Crippen LogP contribution in [-0.2, 0) is 4.74 Å². The Morgan fingerprint density at radius 3 is 2.00 bits per heavy atom. The minimum absolute atomic E-state index is 0.00424. The van der Waals surface area contributed by atoms with E-state index in [1.165, 1.54) is 0 Å². The lowest BCUT2D eigenvalue weighted by atomic mass is 9.90. The summed E-state index contributed by atoms with van der Waals surface area (Å²) in [5.74, 6) is 0. The third-order valence-corrected chi connectivity index (χ3v) is 1.97. The van der Waals surface area contributed by atoms with Crippen molar-refractivity contribution in [3.05, 3.63) is 0 Å². The van der Waals surface area contributed by atoms with Gasteiger partial charge in [0.15, 0.2) is 0 Å². The second-order valence-electron chi connectivity index (χ2n) is 5.41. The van der Waals surface area contributed by atoms with E-state index in [2.05, 4.69) is 39.9 Å². The average molecular weight is 187 g/mol. The van der Waals surface area contributed by atoms with Crippen molar-refractivity contribution in [1.82, 2.24) is 5.32 Å². The molecular weight excluding hydrogens is 162 g/mol. The van der Waals surface area contributed by atoms with Crippen molar-refractivity contribution in [2.45, 2.75) is 46.6 Å². The third kappa shape index (κ3) is 8.26. The molecule has 0 aromatic carbocycles. The highest BCUT2D eigenvalue weighted by Gasteiger charge is 2.18. The minimum atomic E-state index is -0.00424. The summed E-state index contributed by atoms with van der Waals surface area (Å²) in [6.45, 7) is 12.7. The topological polar surface area (TPSA) is 21.3 Å². The molecule has 0 amide bonds. The van der Waals surface area contributed by atoms with Crippen LogP contribution in [0.15, 0.2) is 0 Å². The van der Waals surface area contributed by atoms with Crippen LogP contribution < -0.4 is 5.32 Å². The lowest BCUT2D eigenvalue weighted by molar-refractivity contribution is -0.0152. The number of ether oxygens (including phenoxy) is 1. The van der Waals surface area contributed by atoms with Gasteiger partial charge in [-0.05, 0) is 39.7 Å². The molecule has 0 aromatic rings. The number of hydrogen-bond donors (Lipinski definition) is 1. The Hall–Kier alpha value is -0.0800. The molecule has 0 saturated carbocycles. The highest BCUT2D eigenvalue weighted by Crippen LogP contribution is 2.20. The van der Waals surface area contributed by atoms with Crippen LogP contribution in [0.25, 0.3) is 0 Å². The van der Waals surface area contributed by atoms with Crippen LogP contribution in [0.5, 0.6) is 0 Å². The summed E-state index contributed by atoms with van der Waals surface area (Å²) in [5.41, 5.74) is 0.329. The predicted molar refractivity (Wildman–Crippen MR) is 58.0 cm³/mol. The lowest BCUT2D eigenvalue weighted by Crippen LogP contribution is -2.29. The van der Waals surface area contributed by atoms with E-state index < -0.39 is 0 Å². The molecule has 2 nitrogen and oxygen atoms in total. The maximum Gasteiger partial charge on any atom is 0.0598 e. The minimum Gasteiger partial charge on any atom is -0.376 e. The molecule has 0 aliphatic carbocycles. The van der Waals surface area contributed by atoms with Crippen LogP contribution >= 0.6 is 0 Å². The Kier molecular flexibility index (Phi) is 4.93. The molecule has 0 atom stereocenters. The average Bonchev–Trinajstić information content (AvgIpc) is 1.82. The second kappa shape index (κ2) is 4.97. The van der Waals surface area contributed by atoms with Gasteiger partial charge in [-0.2, -0.15) is 0 Å². The third-order valence-electron chi connectivity index (χ3n) is 1.97. The first-order valence-corrected chi connectivity index (χ1v) is 5.05. The van der Waals surface area contributed by atoms with Gasteiger partial charge in [0.05, 0.1) is 5.60 Å². The Bertz CT molecular complexity index is 136. The van der Waals surface area contributed by atoms with Crippen LogP contribution in [0.2, 0.25) is 0 Å². The van der Waals surface area contributed by atoms with Gasteiger partial charge in [-0.1, -0.05) is 13.8 Å². The van der Waals surface area contributed by atoms with E-state index in [0.29, 0.717) is 5.41 Å². The van der Waals surface area contributed by atoms with Crippen molar-refractivity contribution in [2.75, 3.05) is 20.2 Å². The number of rotatable bonds is 5. The summed E-state index contributed by atoms with van der Waals surface area (Å²) in [6, 6.07) is 0.